The van der Waals surface area contributed by atoms with E-state index in [4.69, 9.17) is 23.7 Å². The Morgan fingerprint density at radius 1 is 1.03 bits per heavy atom. The molecule has 0 aromatic heterocycles. The Morgan fingerprint density at radius 3 is 2.33 bits per heavy atom. The minimum absolute atomic E-state index is 0.0339. The molecular formula is C22H22O8. The Balaban J connectivity index is 1.82. The van der Waals surface area contributed by atoms with Crippen molar-refractivity contribution < 1.29 is 38.1 Å². The Morgan fingerprint density at radius 2 is 1.70 bits per heavy atom. The van der Waals surface area contributed by atoms with Crippen LogP contribution >= 0.6 is 0 Å². The standard InChI is InChI=1S/C22H22O8/c1-26-15-9-11-5-6-13(19(23)12(11)10-16(15)27-2)22-8-7-14(30-22)17(20(24)28-3)18(22)21(25)29-4/h7-10,13-14H,5-6H2,1-4H3. The lowest BCUT2D eigenvalue weighted by Crippen LogP contribution is -2.46. The van der Waals surface area contributed by atoms with Crippen molar-refractivity contribution in [1.82, 2.24) is 0 Å². The summed E-state index contributed by atoms with van der Waals surface area (Å²) in [6.45, 7) is 0. The summed E-state index contributed by atoms with van der Waals surface area (Å²) in [6.07, 6.45) is 3.59. The lowest BCUT2D eigenvalue weighted by molar-refractivity contribution is -0.139. The first-order valence-corrected chi connectivity index (χ1v) is 9.49. The third kappa shape index (κ3) is 2.67. The fraction of sp³-hybridized carbons (Fsp3) is 0.409. The number of benzene rings is 1. The zero-order chi connectivity index (χ0) is 21.6. The Bertz CT molecular complexity index is 1000. The van der Waals surface area contributed by atoms with Gasteiger partial charge in [0.1, 0.15) is 11.7 Å². The molecule has 1 aromatic rings. The van der Waals surface area contributed by atoms with E-state index in [1.54, 1.807) is 24.3 Å². The minimum atomic E-state index is -1.37. The summed E-state index contributed by atoms with van der Waals surface area (Å²) in [7, 11) is 5.49. The van der Waals surface area contributed by atoms with E-state index in [0.717, 1.165) is 5.56 Å². The molecule has 3 aliphatic rings. The van der Waals surface area contributed by atoms with Crippen molar-refractivity contribution in [3.63, 3.8) is 0 Å². The number of fused-ring (bicyclic) bond motifs is 3. The van der Waals surface area contributed by atoms with Gasteiger partial charge in [0.2, 0.25) is 0 Å². The van der Waals surface area contributed by atoms with E-state index >= 15 is 0 Å². The molecule has 3 atom stereocenters. The van der Waals surface area contributed by atoms with Crippen molar-refractivity contribution in [3.05, 3.63) is 46.6 Å². The Hall–Kier alpha value is -3.13. The van der Waals surface area contributed by atoms with Gasteiger partial charge in [-0.05, 0) is 36.6 Å². The maximum atomic E-state index is 13.6. The van der Waals surface area contributed by atoms with E-state index < -0.39 is 29.6 Å². The van der Waals surface area contributed by atoms with Gasteiger partial charge in [-0.25, -0.2) is 9.59 Å². The molecule has 1 aromatic carbocycles. The number of carbonyl (C=O) groups excluding carboxylic acids is 3. The van der Waals surface area contributed by atoms with Crippen molar-refractivity contribution in [3.8, 4) is 11.5 Å². The molecule has 0 amide bonds. The monoisotopic (exact) mass is 414 g/mol. The average Bonchev–Trinajstić information content (AvgIpc) is 3.34. The van der Waals surface area contributed by atoms with Crippen LogP contribution in [0.25, 0.3) is 0 Å². The van der Waals surface area contributed by atoms with E-state index in [9.17, 15) is 14.4 Å². The number of carbonyl (C=O) groups is 3. The largest absolute Gasteiger partial charge is 0.493 e. The molecule has 30 heavy (non-hydrogen) atoms. The minimum Gasteiger partial charge on any atom is -0.493 e. The van der Waals surface area contributed by atoms with Crippen LogP contribution in [0.15, 0.2) is 35.4 Å². The summed E-state index contributed by atoms with van der Waals surface area (Å²) in [6, 6.07) is 3.44. The summed E-state index contributed by atoms with van der Waals surface area (Å²) < 4.78 is 26.6. The van der Waals surface area contributed by atoms with Crippen molar-refractivity contribution >= 4 is 17.7 Å². The van der Waals surface area contributed by atoms with Crippen LogP contribution < -0.4 is 9.47 Å². The third-order valence-corrected chi connectivity index (χ3v) is 5.99. The zero-order valence-corrected chi connectivity index (χ0v) is 17.1. The molecule has 0 saturated heterocycles. The molecule has 158 valence electrons. The highest BCUT2D eigenvalue weighted by Crippen LogP contribution is 2.52. The number of esters is 2. The van der Waals surface area contributed by atoms with E-state index in [-0.39, 0.29) is 16.9 Å². The number of rotatable bonds is 5. The molecule has 8 nitrogen and oxygen atoms in total. The fourth-order valence-electron chi connectivity index (χ4n) is 4.63. The normalized spacial score (nSPS) is 26.5. The van der Waals surface area contributed by atoms with Crippen LogP contribution in [0.4, 0.5) is 0 Å². The quantitative estimate of drug-likeness (QED) is 0.532. The first kappa shape index (κ1) is 20.2. The second-order valence-electron chi connectivity index (χ2n) is 7.28. The summed E-state index contributed by atoms with van der Waals surface area (Å²) in [5.74, 6) is -1.32. The van der Waals surface area contributed by atoms with Crippen LogP contribution in [-0.2, 0) is 30.2 Å². The van der Waals surface area contributed by atoms with Gasteiger partial charge in [-0.3, -0.25) is 4.79 Å². The molecule has 0 fully saturated rings. The Labute approximate surface area is 173 Å². The number of ether oxygens (including phenoxy) is 5. The molecule has 0 radical (unpaired) electrons. The molecule has 2 aliphatic heterocycles. The molecule has 4 rings (SSSR count). The zero-order valence-electron chi connectivity index (χ0n) is 17.1. The van der Waals surface area contributed by atoms with Crippen LogP contribution in [-0.4, -0.2) is 57.9 Å². The van der Waals surface area contributed by atoms with Crippen molar-refractivity contribution in [2.45, 2.75) is 24.5 Å². The fourth-order valence-corrected chi connectivity index (χ4v) is 4.63. The number of hydrogen-bond acceptors (Lipinski definition) is 8. The molecule has 0 N–H and O–H groups in total. The molecular weight excluding hydrogens is 392 g/mol. The van der Waals surface area contributed by atoms with Crippen molar-refractivity contribution in [1.29, 1.82) is 0 Å². The highest BCUT2D eigenvalue weighted by Gasteiger charge is 2.60. The SMILES string of the molecule is COC(=O)C1=C(C(=O)OC)C2(C3CCc4cc(OC)c(OC)cc4C3=O)C=CC1O2. The second kappa shape index (κ2) is 7.28. The lowest BCUT2D eigenvalue weighted by Gasteiger charge is -2.36. The van der Waals surface area contributed by atoms with Crippen LogP contribution in [0.5, 0.6) is 11.5 Å². The van der Waals surface area contributed by atoms with Crippen LogP contribution in [0.2, 0.25) is 0 Å². The third-order valence-electron chi connectivity index (χ3n) is 5.99. The molecule has 0 spiro atoms. The van der Waals surface area contributed by atoms with Crippen molar-refractivity contribution in [2.75, 3.05) is 28.4 Å². The summed E-state index contributed by atoms with van der Waals surface area (Å²) in [5, 5.41) is 0. The lowest BCUT2D eigenvalue weighted by atomic mass is 9.69. The van der Waals surface area contributed by atoms with E-state index in [1.807, 2.05) is 0 Å². The number of aryl methyl sites for hydroxylation is 1. The first-order chi connectivity index (χ1) is 14.4. The van der Waals surface area contributed by atoms with Crippen LogP contribution in [0, 0.1) is 5.92 Å². The molecule has 0 saturated carbocycles. The van der Waals surface area contributed by atoms with Gasteiger partial charge in [0.15, 0.2) is 17.3 Å². The first-order valence-electron chi connectivity index (χ1n) is 9.49. The van der Waals surface area contributed by atoms with Gasteiger partial charge in [-0.15, -0.1) is 0 Å². The Kier molecular flexibility index (Phi) is 4.89. The average molecular weight is 414 g/mol. The maximum Gasteiger partial charge on any atom is 0.337 e. The van der Waals surface area contributed by atoms with Crippen molar-refractivity contribution in [2.24, 2.45) is 5.92 Å². The summed E-state index contributed by atoms with van der Waals surface area (Å²) in [4.78, 5) is 38.6. The van der Waals surface area contributed by atoms with Crippen LogP contribution in [0.1, 0.15) is 22.3 Å². The van der Waals surface area contributed by atoms with E-state index in [2.05, 4.69) is 0 Å². The highest BCUT2D eigenvalue weighted by molar-refractivity contribution is 6.08. The van der Waals surface area contributed by atoms with Gasteiger partial charge in [0, 0.05) is 5.56 Å². The molecule has 2 bridgehead atoms. The predicted octanol–water partition coefficient (Wildman–Crippen LogP) is 1.80. The highest BCUT2D eigenvalue weighted by atomic mass is 16.6. The summed E-state index contributed by atoms with van der Waals surface area (Å²) in [5.41, 5.74) is 0.0564. The maximum absolute atomic E-state index is 13.6. The second-order valence-corrected chi connectivity index (χ2v) is 7.28. The smallest absolute Gasteiger partial charge is 0.337 e. The molecule has 8 heteroatoms. The van der Waals surface area contributed by atoms with Gasteiger partial charge in [-0.1, -0.05) is 6.08 Å². The molecule has 2 heterocycles. The van der Waals surface area contributed by atoms with Gasteiger partial charge in [0.25, 0.3) is 0 Å². The number of ketones is 1. The molecule has 1 aliphatic carbocycles. The van der Waals surface area contributed by atoms with E-state index in [1.165, 1.54) is 28.4 Å². The number of Topliss-reactive ketones (excluding diaryl/α,β-unsaturated/α-hetero) is 1. The predicted molar refractivity (Wildman–Crippen MR) is 103 cm³/mol. The van der Waals surface area contributed by atoms with Gasteiger partial charge in [0.05, 0.1) is 45.5 Å². The van der Waals surface area contributed by atoms with Crippen LogP contribution in [0.3, 0.4) is 0 Å². The topological polar surface area (TPSA) is 97.4 Å². The van der Waals surface area contributed by atoms with Gasteiger partial charge in [-0.2, -0.15) is 0 Å². The van der Waals surface area contributed by atoms with Gasteiger partial charge >= 0.3 is 11.9 Å². The van der Waals surface area contributed by atoms with Gasteiger partial charge < -0.3 is 23.7 Å². The molecule has 3 unspecified atom stereocenters. The number of methoxy groups -OCH3 is 4. The summed E-state index contributed by atoms with van der Waals surface area (Å²) >= 11 is 0. The van der Waals surface area contributed by atoms with E-state index in [0.29, 0.717) is 29.9 Å². The number of hydrogen-bond donors (Lipinski definition) is 0.